The Labute approximate surface area is 333 Å². The number of nitrogens with one attached hydrogen (secondary N) is 4. The van der Waals surface area contributed by atoms with Crippen LogP contribution in [-0.4, -0.2) is 93.1 Å². The molecule has 1 aliphatic carbocycles. The van der Waals surface area contributed by atoms with Crippen LogP contribution in [0.2, 0.25) is 0 Å². The highest BCUT2D eigenvalue weighted by Crippen LogP contribution is 2.50. The summed E-state index contributed by atoms with van der Waals surface area (Å²) in [5.74, 6) is 0.951. The number of carbonyl (C=O) groups is 4. The van der Waals surface area contributed by atoms with Crippen LogP contribution >= 0.6 is 0 Å². The number of hydrogen-bond donors (Lipinski definition) is 4. The number of fused-ring (bicyclic) bond motifs is 3. The lowest BCUT2D eigenvalue weighted by Crippen LogP contribution is -2.51. The Hall–Kier alpha value is -5.66. The number of rotatable bonds is 10. The molecule has 2 aromatic heterocycles. The van der Waals surface area contributed by atoms with Crippen LogP contribution in [0, 0.1) is 11.8 Å². The Morgan fingerprint density at radius 2 is 1.11 bits per heavy atom. The lowest BCUT2D eigenvalue weighted by molar-refractivity contribution is -0.136. The fraction of sp³-hybridized carbons (Fsp3) is 0.488. The molecule has 4 N–H and O–H groups in total. The first-order valence-corrected chi connectivity index (χ1v) is 19.9. The molecular weight excluding hydrogens is 725 g/mol. The highest BCUT2D eigenvalue weighted by atomic mass is 16.5. The van der Waals surface area contributed by atoms with E-state index < -0.39 is 24.3 Å². The van der Waals surface area contributed by atoms with Gasteiger partial charge in [-0.2, -0.15) is 0 Å². The molecule has 2 fully saturated rings. The molecule has 7 rings (SSSR count). The average Bonchev–Trinajstić information content (AvgIpc) is 4.05. The normalized spacial score (nSPS) is 19.3. The van der Waals surface area contributed by atoms with Gasteiger partial charge >= 0.3 is 12.2 Å². The number of methoxy groups -OCH3 is 2. The van der Waals surface area contributed by atoms with E-state index in [-0.39, 0.29) is 41.1 Å². The maximum Gasteiger partial charge on any atom is 0.407 e. The number of aromatic amines is 2. The summed E-state index contributed by atoms with van der Waals surface area (Å²) in [4.78, 5) is 71.6. The molecule has 4 aromatic rings. The third-order valence-electron chi connectivity index (χ3n) is 12.0. The molecule has 0 bridgehead atoms. The van der Waals surface area contributed by atoms with E-state index in [4.69, 9.17) is 19.4 Å². The van der Waals surface area contributed by atoms with Gasteiger partial charge in [-0.05, 0) is 83.0 Å². The van der Waals surface area contributed by atoms with Crippen molar-refractivity contribution >= 4 is 24.0 Å². The van der Waals surface area contributed by atoms with Gasteiger partial charge in [0, 0.05) is 18.5 Å². The largest absolute Gasteiger partial charge is 0.453 e. The summed E-state index contributed by atoms with van der Waals surface area (Å²) in [6, 6.07) is 11.2. The number of carbonyl (C=O) groups excluding carboxylic acids is 4. The van der Waals surface area contributed by atoms with Crippen LogP contribution < -0.4 is 10.6 Å². The molecule has 14 nitrogen and oxygen atoms in total. The van der Waals surface area contributed by atoms with Crippen molar-refractivity contribution in [2.45, 2.75) is 96.8 Å². The van der Waals surface area contributed by atoms with E-state index in [0.29, 0.717) is 13.1 Å². The molecule has 57 heavy (non-hydrogen) atoms. The van der Waals surface area contributed by atoms with E-state index in [9.17, 15) is 19.2 Å². The van der Waals surface area contributed by atoms with Crippen LogP contribution in [0.4, 0.5) is 9.59 Å². The van der Waals surface area contributed by atoms with E-state index in [2.05, 4.69) is 70.8 Å². The Morgan fingerprint density at radius 3 is 1.47 bits per heavy atom. The van der Waals surface area contributed by atoms with Crippen molar-refractivity contribution < 1.29 is 28.7 Å². The molecule has 14 heteroatoms. The van der Waals surface area contributed by atoms with Gasteiger partial charge in [-0.15, -0.1) is 0 Å². The number of nitrogens with zero attached hydrogens (tertiary/aromatic N) is 4. The van der Waals surface area contributed by atoms with Crippen molar-refractivity contribution in [3.8, 4) is 33.6 Å². The van der Waals surface area contributed by atoms with Crippen LogP contribution in [0.5, 0.6) is 0 Å². The minimum atomic E-state index is -0.696. The van der Waals surface area contributed by atoms with Crippen LogP contribution in [0.25, 0.3) is 33.6 Å². The number of benzene rings is 2. The monoisotopic (exact) mass is 778 g/mol. The molecule has 2 saturated heterocycles. The van der Waals surface area contributed by atoms with Gasteiger partial charge in [-0.3, -0.25) is 9.59 Å². The second kappa shape index (κ2) is 15.7. The van der Waals surface area contributed by atoms with E-state index in [1.54, 1.807) is 0 Å². The number of hydrogen-bond acceptors (Lipinski definition) is 8. The van der Waals surface area contributed by atoms with Crippen LogP contribution in [-0.2, 0) is 24.5 Å². The summed E-state index contributed by atoms with van der Waals surface area (Å²) < 4.78 is 9.57. The first-order chi connectivity index (χ1) is 27.2. The number of aromatic nitrogens is 4. The number of alkyl carbamates (subject to hydrolysis) is 2. The van der Waals surface area contributed by atoms with Gasteiger partial charge in [-0.1, -0.05) is 65.8 Å². The molecular formula is C43H54N8O6. The molecule has 302 valence electrons. The lowest BCUT2D eigenvalue weighted by atomic mass is 9.81. The van der Waals surface area contributed by atoms with Gasteiger partial charge in [0.05, 0.1) is 50.1 Å². The molecule has 4 amide bonds. The standard InChI is InChI=1S/C43H54N8O6/c1-23(2)35(48-41(54)56-7)39(52)50-17-9-11-33(50)37-44-21-31(46-37)25-13-15-27-28-16-14-26(20-30(28)43(5,6)29(27)19-25)32-22-45-38(47-32)34-12-10-18-51(34)40(53)36(24(3)4)49-42(55)57-8/h13-16,19-24,33-36H,9-12,17-18H2,1-8H3,(H,44,46)(H,45,47)(H,48,54)(H,49,55)/t33-,34-,35-,36?/m0/s1. The van der Waals surface area contributed by atoms with Crippen LogP contribution in [0.3, 0.4) is 0 Å². The second-order valence-corrected chi connectivity index (χ2v) is 16.6. The SMILES string of the molecule is COC(=O)NC(C(=O)N1CCC[C@H]1c1ncc(-c2ccc3c(c2)C(C)(C)c2cc(-c4cnc([C@@H]5CCCN5C(=O)[C@@H](NC(=O)OC)C(C)C)[nH]4)ccc2-3)[nH]1)C(C)C. The number of likely N-dealkylation sites (tertiary alicyclic amines) is 2. The van der Waals surface area contributed by atoms with Crippen molar-refractivity contribution in [2.24, 2.45) is 11.8 Å². The van der Waals surface area contributed by atoms with Crippen LogP contribution in [0.15, 0.2) is 48.8 Å². The quantitative estimate of drug-likeness (QED) is 0.135. The van der Waals surface area contributed by atoms with Crippen molar-refractivity contribution in [1.29, 1.82) is 0 Å². The van der Waals surface area contributed by atoms with Gasteiger partial charge in [-0.25, -0.2) is 19.6 Å². The third-order valence-corrected chi connectivity index (χ3v) is 12.0. The zero-order valence-corrected chi connectivity index (χ0v) is 34.1. The van der Waals surface area contributed by atoms with Gasteiger partial charge in [0.2, 0.25) is 11.8 Å². The van der Waals surface area contributed by atoms with Gasteiger partial charge < -0.3 is 39.9 Å². The second-order valence-electron chi connectivity index (χ2n) is 16.6. The Bertz CT molecular complexity index is 2020. The Kier molecular flexibility index (Phi) is 10.9. The maximum atomic E-state index is 13.7. The maximum absolute atomic E-state index is 13.7. The molecule has 2 aliphatic heterocycles. The first kappa shape index (κ1) is 39.6. The van der Waals surface area contributed by atoms with Crippen molar-refractivity contribution in [2.75, 3.05) is 27.3 Å². The average molecular weight is 779 g/mol. The van der Waals surface area contributed by atoms with Gasteiger partial charge in [0.15, 0.2) is 0 Å². The van der Waals surface area contributed by atoms with Crippen molar-refractivity contribution in [1.82, 2.24) is 40.4 Å². The fourth-order valence-corrected chi connectivity index (χ4v) is 8.76. The number of amides is 4. The zero-order valence-electron chi connectivity index (χ0n) is 34.1. The topological polar surface area (TPSA) is 175 Å². The van der Waals surface area contributed by atoms with E-state index in [1.807, 2.05) is 49.9 Å². The van der Waals surface area contributed by atoms with E-state index in [1.165, 1.54) is 36.5 Å². The number of imidazole rings is 2. The molecule has 4 atom stereocenters. The van der Waals surface area contributed by atoms with Crippen LogP contribution in [0.1, 0.15) is 102 Å². The summed E-state index contributed by atoms with van der Waals surface area (Å²) in [6.07, 6.45) is 5.67. The van der Waals surface area contributed by atoms with Gasteiger partial charge in [0.25, 0.3) is 0 Å². The molecule has 0 radical (unpaired) electrons. The summed E-state index contributed by atoms with van der Waals surface area (Å²) in [5.41, 5.74) is 8.24. The lowest BCUT2D eigenvalue weighted by Gasteiger charge is -2.30. The molecule has 2 aromatic carbocycles. The molecule has 4 heterocycles. The number of H-pyrrole nitrogens is 2. The summed E-state index contributed by atoms with van der Waals surface area (Å²) in [6.45, 7) is 13.3. The molecule has 0 spiro atoms. The zero-order chi connectivity index (χ0) is 40.8. The van der Waals surface area contributed by atoms with Crippen molar-refractivity contribution in [3.05, 3.63) is 71.6 Å². The van der Waals surface area contributed by atoms with E-state index >= 15 is 0 Å². The Balaban J connectivity index is 1.09. The summed E-state index contributed by atoms with van der Waals surface area (Å²) >= 11 is 0. The van der Waals surface area contributed by atoms with Gasteiger partial charge in [0.1, 0.15) is 23.7 Å². The molecule has 0 saturated carbocycles. The number of ether oxygens (including phenoxy) is 2. The Morgan fingerprint density at radius 1 is 0.702 bits per heavy atom. The third kappa shape index (κ3) is 7.37. The summed E-state index contributed by atoms with van der Waals surface area (Å²) in [7, 11) is 2.59. The minimum Gasteiger partial charge on any atom is -0.453 e. The molecule has 3 aliphatic rings. The smallest absolute Gasteiger partial charge is 0.407 e. The highest BCUT2D eigenvalue weighted by molar-refractivity contribution is 5.88. The molecule has 1 unspecified atom stereocenters. The van der Waals surface area contributed by atoms with E-state index in [0.717, 1.165) is 59.8 Å². The predicted molar refractivity (Wildman–Crippen MR) is 215 cm³/mol. The first-order valence-electron chi connectivity index (χ1n) is 19.9. The summed E-state index contributed by atoms with van der Waals surface area (Å²) in [5, 5.41) is 5.43. The predicted octanol–water partition coefficient (Wildman–Crippen LogP) is 6.86. The highest BCUT2D eigenvalue weighted by Gasteiger charge is 2.40. The van der Waals surface area contributed by atoms with Crippen molar-refractivity contribution in [3.63, 3.8) is 0 Å². The fourth-order valence-electron chi connectivity index (χ4n) is 8.76. The minimum absolute atomic E-state index is 0.112.